The molecule has 0 fully saturated rings. The zero-order chi connectivity index (χ0) is 12.5. The number of ether oxygens (including phenoxy) is 1. The van der Waals surface area contributed by atoms with Crippen LogP contribution < -0.4 is 11.1 Å². The van der Waals surface area contributed by atoms with E-state index >= 15 is 0 Å². The molecule has 0 saturated heterocycles. The largest absolute Gasteiger partial charge is 0.399 e. The molecule has 18 heavy (non-hydrogen) atoms. The molecule has 0 aliphatic carbocycles. The van der Waals surface area contributed by atoms with Gasteiger partial charge < -0.3 is 15.8 Å². The number of carbonyl (C=O) groups is 1. The number of unbranched alkanes of at least 4 members (excludes halogenated alkanes) is 1. The molecule has 0 spiro atoms. The minimum Gasteiger partial charge on any atom is -0.399 e. The molecule has 4 nitrogen and oxygen atoms in total. The van der Waals surface area contributed by atoms with E-state index in [1.54, 1.807) is 24.3 Å². The maximum absolute atomic E-state index is 11.7. The summed E-state index contributed by atoms with van der Waals surface area (Å²) in [6.45, 7) is 4.16. The Bertz CT molecular complexity index is 341. The van der Waals surface area contributed by atoms with Gasteiger partial charge in [-0.3, -0.25) is 4.79 Å². The van der Waals surface area contributed by atoms with Crippen LogP contribution in [0, 0.1) is 0 Å². The smallest absolute Gasteiger partial charge is 0.251 e. The lowest BCUT2D eigenvalue weighted by Gasteiger charge is -2.05. The van der Waals surface area contributed by atoms with Crippen molar-refractivity contribution >= 4 is 24.0 Å². The second-order valence-corrected chi connectivity index (χ2v) is 3.78. The summed E-state index contributed by atoms with van der Waals surface area (Å²) in [4.78, 5) is 11.7. The van der Waals surface area contributed by atoms with Gasteiger partial charge in [-0.2, -0.15) is 0 Å². The molecule has 1 amide bonds. The second kappa shape index (κ2) is 9.74. The summed E-state index contributed by atoms with van der Waals surface area (Å²) in [6, 6.07) is 6.91. The van der Waals surface area contributed by atoms with Crippen molar-refractivity contribution in [2.45, 2.75) is 19.8 Å². The van der Waals surface area contributed by atoms with Crippen molar-refractivity contribution in [1.29, 1.82) is 0 Å². The van der Waals surface area contributed by atoms with E-state index in [0.717, 1.165) is 26.1 Å². The van der Waals surface area contributed by atoms with Crippen LogP contribution in [0.15, 0.2) is 24.3 Å². The summed E-state index contributed by atoms with van der Waals surface area (Å²) >= 11 is 0. The monoisotopic (exact) mass is 272 g/mol. The van der Waals surface area contributed by atoms with Crippen LogP contribution in [0.25, 0.3) is 0 Å². The number of hydrogen-bond acceptors (Lipinski definition) is 3. The van der Waals surface area contributed by atoms with E-state index in [2.05, 4.69) is 5.32 Å². The molecule has 0 heterocycles. The van der Waals surface area contributed by atoms with Crippen molar-refractivity contribution < 1.29 is 9.53 Å². The lowest BCUT2D eigenvalue weighted by molar-refractivity contribution is 0.0949. The quantitative estimate of drug-likeness (QED) is 0.591. The fourth-order valence-electron chi connectivity index (χ4n) is 1.41. The van der Waals surface area contributed by atoms with E-state index in [4.69, 9.17) is 10.5 Å². The van der Waals surface area contributed by atoms with Gasteiger partial charge in [0.2, 0.25) is 0 Å². The summed E-state index contributed by atoms with van der Waals surface area (Å²) in [5.41, 5.74) is 6.86. The Balaban J connectivity index is 0.00000289. The minimum absolute atomic E-state index is 0. The van der Waals surface area contributed by atoms with E-state index in [0.29, 0.717) is 17.8 Å². The van der Waals surface area contributed by atoms with Crippen LogP contribution in [0.4, 0.5) is 5.69 Å². The Morgan fingerprint density at radius 1 is 1.28 bits per heavy atom. The average molecular weight is 273 g/mol. The summed E-state index contributed by atoms with van der Waals surface area (Å²) in [5, 5.41) is 2.86. The van der Waals surface area contributed by atoms with Crippen LogP contribution in [-0.2, 0) is 4.74 Å². The third-order valence-electron chi connectivity index (χ3n) is 2.38. The number of carbonyl (C=O) groups excluding carboxylic acids is 1. The fourth-order valence-corrected chi connectivity index (χ4v) is 1.41. The van der Waals surface area contributed by atoms with Gasteiger partial charge in [0.05, 0.1) is 0 Å². The summed E-state index contributed by atoms with van der Waals surface area (Å²) < 4.78 is 5.21. The molecular weight excluding hydrogens is 252 g/mol. The van der Waals surface area contributed by atoms with Crippen molar-refractivity contribution in [2.24, 2.45) is 0 Å². The first kappa shape index (κ1) is 16.7. The van der Waals surface area contributed by atoms with Gasteiger partial charge in [-0.25, -0.2) is 0 Å². The van der Waals surface area contributed by atoms with Gasteiger partial charge >= 0.3 is 0 Å². The Kier molecular flexibility index (Phi) is 9.06. The van der Waals surface area contributed by atoms with Crippen LogP contribution in [0.3, 0.4) is 0 Å². The summed E-state index contributed by atoms with van der Waals surface area (Å²) in [7, 11) is 0. The number of halogens is 1. The number of nitrogen functional groups attached to an aromatic ring is 1. The van der Waals surface area contributed by atoms with Crippen LogP contribution in [-0.4, -0.2) is 25.7 Å². The van der Waals surface area contributed by atoms with Gasteiger partial charge in [0, 0.05) is 31.0 Å². The van der Waals surface area contributed by atoms with Crippen LogP contribution in [0.2, 0.25) is 0 Å². The molecule has 0 aromatic heterocycles. The van der Waals surface area contributed by atoms with Crippen molar-refractivity contribution in [3.8, 4) is 0 Å². The molecular formula is C13H21ClN2O2. The van der Waals surface area contributed by atoms with Gasteiger partial charge in [0.15, 0.2) is 0 Å². The van der Waals surface area contributed by atoms with E-state index in [1.807, 2.05) is 6.92 Å². The zero-order valence-corrected chi connectivity index (χ0v) is 11.5. The van der Waals surface area contributed by atoms with Gasteiger partial charge in [-0.1, -0.05) is 0 Å². The third kappa shape index (κ3) is 6.47. The topological polar surface area (TPSA) is 64.3 Å². The van der Waals surface area contributed by atoms with E-state index in [-0.39, 0.29) is 18.3 Å². The van der Waals surface area contributed by atoms with Crippen molar-refractivity contribution in [2.75, 3.05) is 25.5 Å². The summed E-state index contributed by atoms with van der Waals surface area (Å²) in [5.74, 6) is -0.0543. The van der Waals surface area contributed by atoms with E-state index in [9.17, 15) is 4.79 Å². The molecule has 0 aliphatic heterocycles. The zero-order valence-electron chi connectivity index (χ0n) is 10.6. The predicted molar refractivity (Wildman–Crippen MR) is 76.2 cm³/mol. The first-order valence-electron chi connectivity index (χ1n) is 5.95. The lowest BCUT2D eigenvalue weighted by atomic mass is 10.2. The molecule has 3 N–H and O–H groups in total. The predicted octanol–water partition coefficient (Wildman–Crippen LogP) is 2.24. The molecule has 1 aromatic carbocycles. The normalized spacial score (nSPS) is 9.61. The van der Waals surface area contributed by atoms with Crippen LogP contribution in [0.5, 0.6) is 0 Å². The standard InChI is InChI=1S/C13H20N2O2.ClH/c1-2-17-10-4-3-9-15-13(16)11-5-7-12(14)8-6-11;/h5-8H,2-4,9-10,14H2,1H3,(H,15,16);1H. The summed E-state index contributed by atoms with van der Waals surface area (Å²) in [6.07, 6.45) is 1.90. The van der Waals surface area contributed by atoms with Crippen molar-refractivity contribution in [3.63, 3.8) is 0 Å². The third-order valence-corrected chi connectivity index (χ3v) is 2.38. The van der Waals surface area contributed by atoms with E-state index in [1.165, 1.54) is 0 Å². The molecule has 5 heteroatoms. The Hall–Kier alpha value is -1.26. The number of nitrogens with one attached hydrogen (secondary N) is 1. The highest BCUT2D eigenvalue weighted by molar-refractivity contribution is 5.94. The number of hydrogen-bond donors (Lipinski definition) is 2. The Morgan fingerprint density at radius 3 is 2.56 bits per heavy atom. The highest BCUT2D eigenvalue weighted by Crippen LogP contribution is 2.05. The molecule has 102 valence electrons. The first-order chi connectivity index (χ1) is 8.24. The minimum atomic E-state index is -0.0543. The maximum Gasteiger partial charge on any atom is 0.251 e. The highest BCUT2D eigenvalue weighted by atomic mass is 35.5. The number of benzene rings is 1. The molecule has 0 bridgehead atoms. The Labute approximate surface area is 114 Å². The highest BCUT2D eigenvalue weighted by Gasteiger charge is 2.03. The van der Waals surface area contributed by atoms with Gasteiger partial charge in [0.25, 0.3) is 5.91 Å². The molecule has 0 atom stereocenters. The van der Waals surface area contributed by atoms with Gasteiger partial charge in [-0.15, -0.1) is 12.4 Å². The maximum atomic E-state index is 11.7. The molecule has 0 aliphatic rings. The molecule has 0 saturated carbocycles. The van der Waals surface area contributed by atoms with Gasteiger partial charge in [0.1, 0.15) is 0 Å². The van der Waals surface area contributed by atoms with Crippen molar-refractivity contribution in [1.82, 2.24) is 5.32 Å². The second-order valence-electron chi connectivity index (χ2n) is 3.78. The number of amides is 1. The lowest BCUT2D eigenvalue weighted by Crippen LogP contribution is -2.24. The number of nitrogens with two attached hydrogens (primary N) is 1. The van der Waals surface area contributed by atoms with E-state index < -0.39 is 0 Å². The molecule has 1 rings (SSSR count). The van der Waals surface area contributed by atoms with Crippen LogP contribution >= 0.6 is 12.4 Å². The van der Waals surface area contributed by atoms with Crippen molar-refractivity contribution in [3.05, 3.63) is 29.8 Å². The molecule has 0 radical (unpaired) electrons. The average Bonchev–Trinajstić information content (AvgIpc) is 2.34. The Morgan fingerprint density at radius 2 is 1.94 bits per heavy atom. The molecule has 1 aromatic rings. The number of anilines is 1. The number of rotatable bonds is 7. The first-order valence-corrected chi connectivity index (χ1v) is 5.95. The molecule has 0 unspecified atom stereocenters. The van der Waals surface area contributed by atoms with Crippen LogP contribution in [0.1, 0.15) is 30.1 Å². The van der Waals surface area contributed by atoms with Gasteiger partial charge in [-0.05, 0) is 44.0 Å². The fraction of sp³-hybridized carbons (Fsp3) is 0.462. The SMILES string of the molecule is CCOCCCCNC(=O)c1ccc(N)cc1.Cl.